The zero-order valence-corrected chi connectivity index (χ0v) is 14.7. The summed E-state index contributed by atoms with van der Waals surface area (Å²) in [6.45, 7) is 3.32. The van der Waals surface area contributed by atoms with Crippen LogP contribution >= 0.6 is 0 Å². The average molecular weight is 357 g/mol. The molecule has 7 nitrogen and oxygen atoms in total. The van der Waals surface area contributed by atoms with E-state index in [-0.39, 0.29) is 19.8 Å². The van der Waals surface area contributed by atoms with E-state index < -0.39 is 5.97 Å². The minimum absolute atomic E-state index is 0.0238. The van der Waals surface area contributed by atoms with Crippen molar-refractivity contribution in [3.05, 3.63) is 54.1 Å². The minimum Gasteiger partial charge on any atom is -0.460 e. The zero-order valence-electron chi connectivity index (χ0n) is 14.7. The molecule has 0 fully saturated rings. The molecule has 0 aliphatic heterocycles. The summed E-state index contributed by atoms with van der Waals surface area (Å²) in [5.74, 6) is -0.485. The van der Waals surface area contributed by atoms with Gasteiger partial charge in [0.1, 0.15) is 6.61 Å². The van der Waals surface area contributed by atoms with Crippen LogP contribution in [0.3, 0.4) is 0 Å². The van der Waals surface area contributed by atoms with E-state index in [4.69, 9.17) is 14.9 Å². The number of nitrogens with zero attached hydrogens (tertiary/aromatic N) is 3. The molecule has 0 radical (unpaired) electrons. The first-order valence-electron chi connectivity index (χ1n) is 8.43. The standard InChI is InChI=1S/C19H23N3O4/c1-2-22(11-12-23)18-9-7-17(8-10-18)21-20-16-5-3-15(4-6-16)19(25)26-14-13-24/h3-10,23-24H,2,11-14H2,1H3. The van der Waals surface area contributed by atoms with Gasteiger partial charge in [0, 0.05) is 18.8 Å². The number of rotatable bonds is 9. The molecule has 138 valence electrons. The molecule has 0 bridgehead atoms. The number of benzene rings is 2. The van der Waals surface area contributed by atoms with E-state index in [0.29, 0.717) is 23.5 Å². The smallest absolute Gasteiger partial charge is 0.338 e. The quantitative estimate of drug-likeness (QED) is 0.531. The van der Waals surface area contributed by atoms with Crippen LogP contribution in [0.15, 0.2) is 58.8 Å². The molecule has 0 amide bonds. The van der Waals surface area contributed by atoms with Crippen LogP contribution in [-0.2, 0) is 4.74 Å². The van der Waals surface area contributed by atoms with Gasteiger partial charge in [0.2, 0.25) is 0 Å². The molecule has 0 heterocycles. The SMILES string of the molecule is CCN(CCO)c1ccc(N=Nc2ccc(C(=O)OCCO)cc2)cc1. The van der Waals surface area contributed by atoms with Gasteiger partial charge in [0.25, 0.3) is 0 Å². The van der Waals surface area contributed by atoms with E-state index >= 15 is 0 Å². The topological polar surface area (TPSA) is 94.7 Å². The van der Waals surface area contributed by atoms with E-state index in [9.17, 15) is 4.79 Å². The van der Waals surface area contributed by atoms with Gasteiger partial charge in [-0.15, -0.1) is 0 Å². The molecule has 0 aromatic heterocycles. The second-order valence-electron chi connectivity index (χ2n) is 5.43. The highest BCUT2D eigenvalue weighted by atomic mass is 16.5. The third-order valence-electron chi connectivity index (χ3n) is 3.67. The Morgan fingerprint density at radius 2 is 1.54 bits per heavy atom. The zero-order chi connectivity index (χ0) is 18.8. The summed E-state index contributed by atoms with van der Waals surface area (Å²) in [5.41, 5.74) is 2.74. The number of aliphatic hydroxyl groups is 2. The van der Waals surface area contributed by atoms with Gasteiger partial charge in [-0.05, 0) is 55.5 Å². The lowest BCUT2D eigenvalue weighted by atomic mass is 10.2. The summed E-state index contributed by atoms with van der Waals surface area (Å²) in [6, 6.07) is 14.2. The number of hydrogen-bond acceptors (Lipinski definition) is 7. The number of carbonyl (C=O) groups excluding carboxylic acids is 1. The molecular weight excluding hydrogens is 334 g/mol. The Kier molecular flexibility index (Phi) is 7.73. The van der Waals surface area contributed by atoms with Gasteiger partial charge in [0.15, 0.2) is 0 Å². The summed E-state index contributed by atoms with van der Waals surface area (Å²) in [5, 5.41) is 26.1. The van der Waals surface area contributed by atoms with Crippen LogP contribution in [0.5, 0.6) is 0 Å². The molecule has 2 aromatic carbocycles. The predicted octanol–water partition coefficient (Wildman–Crippen LogP) is 3.07. The number of anilines is 1. The maximum atomic E-state index is 11.6. The minimum atomic E-state index is -0.485. The van der Waals surface area contributed by atoms with E-state index in [2.05, 4.69) is 15.1 Å². The lowest BCUT2D eigenvalue weighted by molar-refractivity contribution is 0.0434. The lowest BCUT2D eigenvalue weighted by Crippen LogP contribution is -2.25. The van der Waals surface area contributed by atoms with Gasteiger partial charge in [-0.3, -0.25) is 0 Å². The maximum Gasteiger partial charge on any atom is 0.338 e. The van der Waals surface area contributed by atoms with Crippen LogP contribution in [0.1, 0.15) is 17.3 Å². The average Bonchev–Trinajstić information content (AvgIpc) is 2.69. The van der Waals surface area contributed by atoms with Crippen molar-refractivity contribution >= 4 is 23.0 Å². The Labute approximate surface area is 152 Å². The van der Waals surface area contributed by atoms with Crippen LogP contribution in [0.2, 0.25) is 0 Å². The fourth-order valence-electron chi connectivity index (χ4n) is 2.32. The number of ether oxygens (including phenoxy) is 1. The Bertz CT molecular complexity index is 715. The number of likely N-dealkylation sites (N-methyl/N-ethyl adjacent to an activating group) is 1. The summed E-state index contributed by atoms with van der Waals surface area (Å²) in [4.78, 5) is 13.7. The molecule has 0 spiro atoms. The molecule has 2 N–H and O–H groups in total. The molecule has 2 rings (SSSR count). The van der Waals surface area contributed by atoms with Crippen molar-refractivity contribution in [2.24, 2.45) is 10.2 Å². The summed E-state index contributed by atoms with van der Waals surface area (Å²) < 4.78 is 4.84. The van der Waals surface area contributed by atoms with Gasteiger partial charge in [-0.2, -0.15) is 10.2 Å². The highest BCUT2D eigenvalue weighted by molar-refractivity contribution is 5.89. The van der Waals surface area contributed by atoms with E-state index in [1.54, 1.807) is 24.3 Å². The van der Waals surface area contributed by atoms with Crippen molar-refractivity contribution < 1.29 is 19.7 Å². The summed E-state index contributed by atoms with van der Waals surface area (Å²) in [7, 11) is 0. The van der Waals surface area contributed by atoms with Crippen molar-refractivity contribution in [2.45, 2.75) is 6.92 Å². The summed E-state index contributed by atoms with van der Waals surface area (Å²) >= 11 is 0. The number of aliphatic hydroxyl groups excluding tert-OH is 2. The molecule has 26 heavy (non-hydrogen) atoms. The van der Waals surface area contributed by atoms with Gasteiger partial charge in [-0.1, -0.05) is 0 Å². The molecular formula is C19H23N3O4. The van der Waals surface area contributed by atoms with Crippen molar-refractivity contribution in [1.82, 2.24) is 0 Å². The first kappa shape index (κ1) is 19.6. The first-order chi connectivity index (χ1) is 12.7. The van der Waals surface area contributed by atoms with Gasteiger partial charge >= 0.3 is 5.97 Å². The highest BCUT2D eigenvalue weighted by Crippen LogP contribution is 2.22. The molecule has 0 saturated heterocycles. The monoisotopic (exact) mass is 357 g/mol. The van der Waals surface area contributed by atoms with E-state index in [0.717, 1.165) is 12.2 Å². The Morgan fingerprint density at radius 1 is 0.962 bits per heavy atom. The summed E-state index contributed by atoms with van der Waals surface area (Å²) in [6.07, 6.45) is 0. The molecule has 0 aliphatic carbocycles. The molecule has 2 aromatic rings. The number of esters is 1. The van der Waals surface area contributed by atoms with Crippen LogP contribution in [0, 0.1) is 0 Å². The second-order valence-corrected chi connectivity index (χ2v) is 5.43. The number of azo groups is 1. The normalized spacial score (nSPS) is 10.9. The molecule has 7 heteroatoms. The lowest BCUT2D eigenvalue weighted by Gasteiger charge is -2.21. The van der Waals surface area contributed by atoms with Crippen molar-refractivity contribution in [3.8, 4) is 0 Å². The molecule has 0 saturated carbocycles. The molecule has 0 unspecified atom stereocenters. The fraction of sp³-hybridized carbons (Fsp3) is 0.316. The van der Waals surface area contributed by atoms with Crippen molar-refractivity contribution in [1.29, 1.82) is 0 Å². The first-order valence-corrected chi connectivity index (χ1v) is 8.43. The predicted molar refractivity (Wildman–Crippen MR) is 99.4 cm³/mol. The van der Waals surface area contributed by atoms with Crippen molar-refractivity contribution in [3.63, 3.8) is 0 Å². The fourth-order valence-corrected chi connectivity index (χ4v) is 2.32. The van der Waals surface area contributed by atoms with Crippen LogP contribution < -0.4 is 4.90 Å². The van der Waals surface area contributed by atoms with Gasteiger partial charge < -0.3 is 19.8 Å². The maximum absolute atomic E-state index is 11.6. The van der Waals surface area contributed by atoms with Gasteiger partial charge in [-0.25, -0.2) is 4.79 Å². The Balaban J connectivity index is 1.99. The Hall–Kier alpha value is -2.77. The van der Waals surface area contributed by atoms with E-state index in [1.807, 2.05) is 31.2 Å². The largest absolute Gasteiger partial charge is 0.460 e. The van der Waals surface area contributed by atoms with E-state index in [1.165, 1.54) is 0 Å². The Morgan fingerprint density at radius 3 is 2.04 bits per heavy atom. The second kappa shape index (κ2) is 10.3. The molecule has 0 atom stereocenters. The van der Waals surface area contributed by atoms with Crippen LogP contribution in [-0.4, -0.2) is 49.1 Å². The van der Waals surface area contributed by atoms with Crippen LogP contribution in [0.4, 0.5) is 17.1 Å². The third kappa shape index (κ3) is 5.65. The van der Waals surface area contributed by atoms with Gasteiger partial charge in [0.05, 0.1) is 30.2 Å². The highest BCUT2D eigenvalue weighted by Gasteiger charge is 2.06. The number of hydrogen-bond donors (Lipinski definition) is 2. The van der Waals surface area contributed by atoms with Crippen molar-refractivity contribution in [2.75, 3.05) is 37.8 Å². The third-order valence-corrected chi connectivity index (χ3v) is 3.67. The number of carbonyl (C=O) groups is 1. The molecule has 0 aliphatic rings. The van der Waals surface area contributed by atoms with Crippen LogP contribution in [0.25, 0.3) is 0 Å².